The van der Waals surface area contributed by atoms with Gasteiger partial charge in [-0.2, -0.15) is 0 Å². The molecule has 168 valence electrons. The second-order valence-corrected chi connectivity index (χ2v) is 8.47. The van der Waals surface area contributed by atoms with E-state index < -0.39 is 0 Å². The summed E-state index contributed by atoms with van der Waals surface area (Å²) >= 11 is 0. The van der Waals surface area contributed by atoms with Crippen LogP contribution >= 0.6 is 0 Å². The molecular weight excluding hydrogens is 416 g/mol. The van der Waals surface area contributed by atoms with E-state index in [0.717, 1.165) is 13.1 Å². The minimum atomic E-state index is -0.287. The van der Waals surface area contributed by atoms with Crippen molar-refractivity contribution in [2.45, 2.75) is 13.8 Å². The van der Waals surface area contributed by atoms with Crippen LogP contribution in [0.3, 0.4) is 0 Å². The molecule has 0 radical (unpaired) electrons. The molecule has 2 aliphatic rings. The van der Waals surface area contributed by atoms with Gasteiger partial charge in [-0.25, -0.2) is 4.98 Å². The number of amides is 2. The van der Waals surface area contributed by atoms with Crippen LogP contribution in [0.1, 0.15) is 21.5 Å². The smallest absolute Gasteiger partial charge is 0.264 e. The highest BCUT2D eigenvalue weighted by Gasteiger charge is 2.32. The summed E-state index contributed by atoms with van der Waals surface area (Å²) in [5, 5.41) is 0. The number of para-hydroxylation sites is 2. The number of carbonyl (C=O) groups excluding carboxylic acids is 2. The van der Waals surface area contributed by atoms with Gasteiger partial charge in [-0.1, -0.05) is 24.3 Å². The van der Waals surface area contributed by atoms with Crippen molar-refractivity contribution in [2.24, 2.45) is 0 Å². The van der Waals surface area contributed by atoms with Crippen LogP contribution < -0.4 is 14.5 Å². The Balaban J connectivity index is 1.33. The molecule has 3 heterocycles. The summed E-state index contributed by atoms with van der Waals surface area (Å²) in [6.07, 6.45) is 1.59. The van der Waals surface area contributed by atoms with E-state index in [9.17, 15) is 9.59 Å². The largest absolute Gasteiger partial charge is 0.436 e. The fourth-order valence-electron chi connectivity index (χ4n) is 4.41. The quantitative estimate of drug-likeness (QED) is 0.617. The van der Waals surface area contributed by atoms with Gasteiger partial charge in [0.05, 0.1) is 5.69 Å². The molecule has 0 aliphatic carbocycles. The summed E-state index contributed by atoms with van der Waals surface area (Å²) in [5.74, 6) is 0.402. The Morgan fingerprint density at radius 3 is 2.58 bits per heavy atom. The van der Waals surface area contributed by atoms with Crippen LogP contribution in [-0.4, -0.2) is 54.4 Å². The summed E-state index contributed by atoms with van der Waals surface area (Å²) in [7, 11) is 0. The number of anilines is 2. The molecule has 1 saturated heterocycles. The highest BCUT2D eigenvalue weighted by Crippen LogP contribution is 2.37. The second-order valence-electron chi connectivity index (χ2n) is 8.47. The van der Waals surface area contributed by atoms with Gasteiger partial charge in [0.1, 0.15) is 12.1 Å². The monoisotopic (exact) mass is 442 g/mol. The second kappa shape index (κ2) is 8.58. The minimum absolute atomic E-state index is 0.0446. The van der Waals surface area contributed by atoms with Crippen molar-refractivity contribution in [1.29, 1.82) is 0 Å². The number of nitrogens with zero attached hydrogens (tertiary/aromatic N) is 4. The molecule has 0 N–H and O–H groups in total. The summed E-state index contributed by atoms with van der Waals surface area (Å²) in [6.45, 7) is 6.92. The number of hydrogen-bond acceptors (Lipinski definition) is 5. The number of aryl methyl sites for hydroxylation is 2. The van der Waals surface area contributed by atoms with Crippen molar-refractivity contribution in [3.63, 3.8) is 0 Å². The number of rotatable bonds is 3. The van der Waals surface area contributed by atoms with Crippen LogP contribution in [0.4, 0.5) is 11.4 Å². The van der Waals surface area contributed by atoms with Crippen LogP contribution in [-0.2, 0) is 4.79 Å². The average Bonchev–Trinajstić information content (AvgIpc) is 2.95. The third-order valence-corrected chi connectivity index (χ3v) is 6.24. The zero-order valence-electron chi connectivity index (χ0n) is 18.8. The number of fused-ring (bicyclic) bond motifs is 2. The summed E-state index contributed by atoms with van der Waals surface area (Å²) < 4.78 is 5.91. The first-order valence-corrected chi connectivity index (χ1v) is 11.1. The zero-order valence-corrected chi connectivity index (χ0v) is 18.8. The van der Waals surface area contributed by atoms with Gasteiger partial charge in [0.2, 0.25) is 11.8 Å². The molecule has 7 nitrogen and oxygen atoms in total. The van der Waals surface area contributed by atoms with Gasteiger partial charge < -0.3 is 14.5 Å². The Morgan fingerprint density at radius 2 is 1.76 bits per heavy atom. The first kappa shape index (κ1) is 21.0. The molecule has 0 atom stereocenters. The average molecular weight is 443 g/mol. The molecular formula is C26H26N4O3. The van der Waals surface area contributed by atoms with Gasteiger partial charge >= 0.3 is 0 Å². The molecule has 2 aliphatic heterocycles. The van der Waals surface area contributed by atoms with Crippen LogP contribution in [0, 0.1) is 13.8 Å². The maximum Gasteiger partial charge on any atom is 0.264 e. The molecule has 5 rings (SSSR count). The molecule has 0 unspecified atom stereocenters. The lowest BCUT2D eigenvalue weighted by atomic mass is 10.1. The third-order valence-electron chi connectivity index (χ3n) is 6.24. The van der Waals surface area contributed by atoms with Crippen LogP contribution in [0.25, 0.3) is 0 Å². The first-order chi connectivity index (χ1) is 16.0. The van der Waals surface area contributed by atoms with Crippen molar-refractivity contribution in [3.8, 4) is 11.6 Å². The van der Waals surface area contributed by atoms with E-state index in [4.69, 9.17) is 4.74 Å². The lowest BCUT2D eigenvalue weighted by Gasteiger charge is -2.37. The molecule has 7 heteroatoms. The number of carbonyl (C=O) groups is 2. The maximum atomic E-state index is 13.4. The van der Waals surface area contributed by atoms with Crippen molar-refractivity contribution >= 4 is 23.2 Å². The minimum Gasteiger partial charge on any atom is -0.436 e. The van der Waals surface area contributed by atoms with Crippen molar-refractivity contribution < 1.29 is 14.3 Å². The van der Waals surface area contributed by atoms with E-state index in [2.05, 4.69) is 41.9 Å². The van der Waals surface area contributed by atoms with Crippen molar-refractivity contribution in [1.82, 2.24) is 9.88 Å². The Morgan fingerprint density at radius 1 is 0.970 bits per heavy atom. The zero-order chi connectivity index (χ0) is 22.9. The van der Waals surface area contributed by atoms with Crippen LogP contribution in [0.2, 0.25) is 0 Å². The Hall–Kier alpha value is -3.87. The number of benzene rings is 2. The van der Waals surface area contributed by atoms with E-state index in [1.807, 2.05) is 17.0 Å². The predicted octanol–water partition coefficient (Wildman–Crippen LogP) is 3.80. The third kappa shape index (κ3) is 4.02. The SMILES string of the molecule is Cc1ccc(C)c(N2CCN(C(=O)CN3C(=O)c4cccnc4Oc4ccccc43)CC2)c1. The van der Waals surface area contributed by atoms with E-state index >= 15 is 0 Å². The number of ether oxygens (including phenoxy) is 1. The Bertz CT molecular complexity index is 1220. The van der Waals surface area contributed by atoms with Gasteiger partial charge in [0.15, 0.2) is 5.75 Å². The Kier molecular flexibility index (Phi) is 5.46. The van der Waals surface area contributed by atoms with Gasteiger partial charge in [-0.15, -0.1) is 0 Å². The van der Waals surface area contributed by atoms with E-state index in [-0.39, 0.29) is 24.2 Å². The van der Waals surface area contributed by atoms with Crippen LogP contribution in [0.15, 0.2) is 60.8 Å². The number of pyridine rings is 1. The number of hydrogen-bond donors (Lipinski definition) is 0. The molecule has 2 amide bonds. The Labute approximate surface area is 193 Å². The molecule has 1 fully saturated rings. The van der Waals surface area contributed by atoms with Crippen molar-refractivity contribution in [2.75, 3.05) is 42.5 Å². The van der Waals surface area contributed by atoms with Gasteiger partial charge in [-0.05, 0) is 55.3 Å². The highest BCUT2D eigenvalue weighted by atomic mass is 16.5. The lowest BCUT2D eigenvalue weighted by Crippen LogP contribution is -2.52. The molecule has 2 aromatic carbocycles. The highest BCUT2D eigenvalue weighted by molar-refractivity contribution is 6.11. The number of piperazine rings is 1. The fraction of sp³-hybridized carbons (Fsp3) is 0.269. The standard InChI is InChI=1S/C26H26N4O3/c1-18-9-10-19(2)22(16-18)28-12-14-29(15-13-28)24(31)17-30-21-7-3-4-8-23(21)33-25-20(26(30)32)6-5-11-27-25/h3-11,16H,12-15,17H2,1-2H3. The van der Waals surface area contributed by atoms with Crippen LogP contribution in [0.5, 0.6) is 11.6 Å². The topological polar surface area (TPSA) is 66.0 Å². The normalized spacial score (nSPS) is 15.5. The predicted molar refractivity (Wildman–Crippen MR) is 127 cm³/mol. The molecule has 0 spiro atoms. The summed E-state index contributed by atoms with van der Waals surface area (Å²) in [4.78, 5) is 36.5. The molecule has 0 saturated carbocycles. The number of aromatic nitrogens is 1. The van der Waals surface area contributed by atoms with E-state index in [0.29, 0.717) is 30.1 Å². The molecule has 1 aromatic heterocycles. The maximum absolute atomic E-state index is 13.4. The molecule has 33 heavy (non-hydrogen) atoms. The van der Waals surface area contributed by atoms with Crippen molar-refractivity contribution in [3.05, 3.63) is 77.5 Å². The van der Waals surface area contributed by atoms with Gasteiger partial charge in [0, 0.05) is 38.1 Å². The summed E-state index contributed by atoms with van der Waals surface area (Å²) in [6, 6.07) is 17.1. The first-order valence-electron chi connectivity index (χ1n) is 11.1. The van der Waals surface area contributed by atoms with Gasteiger partial charge in [-0.3, -0.25) is 14.5 Å². The lowest BCUT2D eigenvalue weighted by molar-refractivity contribution is -0.129. The molecule has 3 aromatic rings. The van der Waals surface area contributed by atoms with E-state index in [1.165, 1.54) is 21.7 Å². The molecule has 0 bridgehead atoms. The van der Waals surface area contributed by atoms with E-state index in [1.54, 1.807) is 30.5 Å². The summed E-state index contributed by atoms with van der Waals surface area (Å²) in [5.41, 5.74) is 4.60. The fourth-order valence-corrected chi connectivity index (χ4v) is 4.41. The van der Waals surface area contributed by atoms with Gasteiger partial charge in [0.25, 0.3) is 5.91 Å².